The molecule has 1 aliphatic carbocycles. The Bertz CT molecular complexity index is 1540. The molecule has 0 N–H and O–H groups in total. The molecule has 5 aromatic rings. The van der Waals surface area contributed by atoms with E-state index in [1.165, 1.54) is 59.3 Å². The smallest absolute Gasteiger partial charge is 0.229 e. The van der Waals surface area contributed by atoms with Crippen LogP contribution in [-0.2, 0) is 13.5 Å². The number of furan rings is 1. The van der Waals surface area contributed by atoms with Crippen molar-refractivity contribution in [3.8, 4) is 11.3 Å². The maximum atomic E-state index is 13.9. The lowest BCUT2D eigenvalue weighted by Gasteiger charge is -2.15. The molecule has 1 aliphatic rings. The second-order valence-electron chi connectivity index (χ2n) is 9.64. The van der Waals surface area contributed by atoms with Crippen molar-refractivity contribution in [1.82, 2.24) is 4.98 Å². The molecule has 0 aliphatic heterocycles. The zero-order valence-electron chi connectivity index (χ0n) is 19.4. The summed E-state index contributed by atoms with van der Waals surface area (Å²) in [7, 11) is 2.13. The first-order chi connectivity index (χ1) is 16.0. The van der Waals surface area contributed by atoms with E-state index >= 15 is 0 Å². The van der Waals surface area contributed by atoms with Gasteiger partial charge in [-0.2, -0.15) is 13.9 Å². The molecule has 3 aromatic heterocycles. The van der Waals surface area contributed by atoms with Crippen LogP contribution in [0, 0.1) is 25.7 Å². The summed E-state index contributed by atoms with van der Waals surface area (Å²) < 4.78 is 22.4. The highest BCUT2D eigenvalue weighted by molar-refractivity contribution is 6.09. The number of para-hydroxylation sites is 1. The Hall–Kier alpha value is -3.27. The summed E-state index contributed by atoms with van der Waals surface area (Å²) in [5.74, 6) is 0.234. The van der Waals surface area contributed by atoms with Crippen LogP contribution in [0.4, 0.5) is 4.39 Å². The number of halogens is 1. The van der Waals surface area contributed by atoms with E-state index < -0.39 is 5.95 Å². The average molecular weight is 440 g/mol. The third kappa shape index (κ3) is 3.23. The van der Waals surface area contributed by atoms with Crippen LogP contribution >= 0.6 is 0 Å². The van der Waals surface area contributed by atoms with Gasteiger partial charge in [-0.05, 0) is 67.1 Å². The van der Waals surface area contributed by atoms with Gasteiger partial charge in [0.2, 0.25) is 22.9 Å². The van der Waals surface area contributed by atoms with Crippen LogP contribution in [0.2, 0.25) is 0 Å². The summed E-state index contributed by atoms with van der Waals surface area (Å²) >= 11 is 0. The predicted molar refractivity (Wildman–Crippen MR) is 131 cm³/mol. The molecule has 166 valence electrons. The van der Waals surface area contributed by atoms with E-state index in [-0.39, 0.29) is 0 Å². The summed E-state index contributed by atoms with van der Waals surface area (Å²) in [6, 6.07) is 16.4. The van der Waals surface area contributed by atoms with Gasteiger partial charge < -0.3 is 4.42 Å². The SMILES string of the molecule is Cc1cc2c(oc3nc(F)ccc32)c(-c2cc(CC3CCCC3)c3ccccc3[n+]2C)c1C. The van der Waals surface area contributed by atoms with Crippen molar-refractivity contribution in [3.05, 3.63) is 71.2 Å². The lowest BCUT2D eigenvalue weighted by atomic mass is 9.91. The van der Waals surface area contributed by atoms with Gasteiger partial charge in [0.1, 0.15) is 7.05 Å². The van der Waals surface area contributed by atoms with Crippen molar-refractivity contribution in [2.45, 2.75) is 46.0 Å². The molecule has 0 saturated heterocycles. The van der Waals surface area contributed by atoms with Crippen LogP contribution < -0.4 is 4.57 Å². The first kappa shape index (κ1) is 20.3. The average Bonchev–Trinajstić information content (AvgIpc) is 3.44. The lowest BCUT2D eigenvalue weighted by Crippen LogP contribution is -2.33. The number of pyridine rings is 2. The van der Waals surface area contributed by atoms with E-state index in [1.54, 1.807) is 6.07 Å². The number of aryl methyl sites for hydroxylation is 2. The van der Waals surface area contributed by atoms with Gasteiger partial charge in [0.15, 0.2) is 5.58 Å². The highest BCUT2D eigenvalue weighted by Crippen LogP contribution is 2.39. The molecule has 0 radical (unpaired) electrons. The summed E-state index contributed by atoms with van der Waals surface area (Å²) in [6.45, 7) is 4.28. The number of hydrogen-bond donors (Lipinski definition) is 0. The molecule has 0 amide bonds. The van der Waals surface area contributed by atoms with E-state index in [0.29, 0.717) is 5.71 Å². The number of aromatic nitrogens is 2. The van der Waals surface area contributed by atoms with Gasteiger partial charge in [0.05, 0.1) is 5.56 Å². The molecule has 0 atom stereocenters. The van der Waals surface area contributed by atoms with E-state index in [9.17, 15) is 4.39 Å². The normalized spacial score (nSPS) is 14.8. The fourth-order valence-corrected chi connectivity index (χ4v) is 5.75. The second-order valence-corrected chi connectivity index (χ2v) is 9.64. The van der Waals surface area contributed by atoms with Crippen LogP contribution in [0.5, 0.6) is 0 Å². The zero-order chi connectivity index (χ0) is 22.7. The molecule has 4 heteroatoms. The molecule has 0 bridgehead atoms. The van der Waals surface area contributed by atoms with Crippen LogP contribution in [0.25, 0.3) is 44.2 Å². The van der Waals surface area contributed by atoms with E-state index in [2.05, 4.69) is 66.8 Å². The number of nitrogens with zero attached hydrogens (tertiary/aromatic N) is 2. The van der Waals surface area contributed by atoms with Gasteiger partial charge in [0.25, 0.3) is 0 Å². The fraction of sp³-hybridized carbons (Fsp3) is 0.310. The molecule has 1 saturated carbocycles. The van der Waals surface area contributed by atoms with Crippen LogP contribution in [-0.4, -0.2) is 4.98 Å². The Labute approximate surface area is 192 Å². The van der Waals surface area contributed by atoms with E-state index in [4.69, 9.17) is 4.42 Å². The topological polar surface area (TPSA) is 29.9 Å². The summed E-state index contributed by atoms with van der Waals surface area (Å²) in [5, 5.41) is 3.16. The minimum Gasteiger partial charge on any atom is -0.437 e. The van der Waals surface area contributed by atoms with Gasteiger partial charge in [-0.15, -0.1) is 0 Å². The molecular formula is C29H28FN2O+. The third-order valence-electron chi connectivity index (χ3n) is 7.64. The first-order valence-corrected chi connectivity index (χ1v) is 11.9. The van der Waals surface area contributed by atoms with Gasteiger partial charge in [-0.1, -0.05) is 37.8 Å². The van der Waals surface area contributed by atoms with Crippen molar-refractivity contribution in [1.29, 1.82) is 0 Å². The standard InChI is InChI=1S/C29H28FN2O/c1-17-14-23-22-12-13-26(30)31-29(22)33-28(23)27(18(17)2)25-16-20(15-19-8-4-5-9-19)21-10-6-7-11-24(21)32(25)3/h6-7,10-14,16,19H,4-5,8-9,15H2,1-3H3/q+1. The minimum atomic E-state index is -0.522. The molecule has 0 spiro atoms. The number of hydrogen-bond acceptors (Lipinski definition) is 2. The minimum absolute atomic E-state index is 0.353. The molecule has 0 unspecified atom stereocenters. The van der Waals surface area contributed by atoms with Crippen molar-refractivity contribution in [3.63, 3.8) is 0 Å². The number of benzene rings is 2. The quantitative estimate of drug-likeness (QED) is 0.221. The Balaban J connectivity index is 1.67. The maximum absolute atomic E-state index is 13.9. The fourth-order valence-electron chi connectivity index (χ4n) is 5.75. The molecule has 33 heavy (non-hydrogen) atoms. The van der Waals surface area contributed by atoms with Crippen molar-refractivity contribution in [2.75, 3.05) is 0 Å². The third-order valence-corrected chi connectivity index (χ3v) is 7.64. The Morgan fingerprint density at radius 2 is 1.79 bits per heavy atom. The zero-order valence-corrected chi connectivity index (χ0v) is 19.4. The molecule has 6 rings (SSSR count). The van der Waals surface area contributed by atoms with Crippen molar-refractivity contribution < 1.29 is 13.4 Å². The maximum Gasteiger partial charge on any atom is 0.229 e. The molecule has 3 heterocycles. The molecular weight excluding hydrogens is 411 g/mol. The van der Waals surface area contributed by atoms with Crippen LogP contribution in [0.3, 0.4) is 0 Å². The van der Waals surface area contributed by atoms with Crippen LogP contribution in [0.15, 0.2) is 52.9 Å². The van der Waals surface area contributed by atoms with E-state index in [1.807, 2.05) is 0 Å². The number of fused-ring (bicyclic) bond motifs is 4. The molecule has 1 fully saturated rings. The van der Waals surface area contributed by atoms with Gasteiger partial charge in [0, 0.05) is 28.3 Å². The van der Waals surface area contributed by atoms with Gasteiger partial charge in [-0.25, -0.2) is 0 Å². The first-order valence-electron chi connectivity index (χ1n) is 11.9. The highest BCUT2D eigenvalue weighted by Gasteiger charge is 2.26. The summed E-state index contributed by atoms with van der Waals surface area (Å²) in [5.41, 5.74) is 8.33. The Morgan fingerprint density at radius 3 is 2.61 bits per heavy atom. The van der Waals surface area contributed by atoms with Crippen molar-refractivity contribution >= 4 is 33.0 Å². The Kier molecular flexibility index (Phi) is 4.72. The van der Waals surface area contributed by atoms with Gasteiger partial charge >= 0.3 is 0 Å². The Morgan fingerprint density at radius 1 is 1.00 bits per heavy atom. The molecule has 2 aromatic carbocycles. The summed E-state index contributed by atoms with van der Waals surface area (Å²) in [6.07, 6.45) is 6.43. The monoisotopic (exact) mass is 439 g/mol. The van der Waals surface area contributed by atoms with Gasteiger partial charge in [-0.3, -0.25) is 0 Å². The molecule has 3 nitrogen and oxygen atoms in total. The summed E-state index contributed by atoms with van der Waals surface area (Å²) in [4.78, 5) is 4.03. The predicted octanol–water partition coefficient (Wildman–Crippen LogP) is 7.11. The number of rotatable bonds is 3. The van der Waals surface area contributed by atoms with Crippen LogP contribution in [0.1, 0.15) is 42.4 Å². The second kappa shape index (κ2) is 7.65. The lowest BCUT2D eigenvalue weighted by molar-refractivity contribution is -0.633. The highest BCUT2D eigenvalue weighted by atomic mass is 19.1. The van der Waals surface area contributed by atoms with E-state index in [0.717, 1.165) is 40.0 Å². The largest absolute Gasteiger partial charge is 0.437 e. The van der Waals surface area contributed by atoms with Crippen molar-refractivity contribution in [2.24, 2.45) is 13.0 Å².